The van der Waals surface area contributed by atoms with Gasteiger partial charge in [0, 0.05) is 23.2 Å². The van der Waals surface area contributed by atoms with Crippen molar-refractivity contribution in [1.82, 2.24) is 20.3 Å². The van der Waals surface area contributed by atoms with E-state index in [1.165, 1.54) is 4.88 Å². The second-order valence-corrected chi connectivity index (χ2v) is 6.30. The molecule has 20 heavy (non-hydrogen) atoms. The molecule has 106 valence electrons. The summed E-state index contributed by atoms with van der Waals surface area (Å²) < 4.78 is 0. The molecule has 0 aliphatic carbocycles. The topological polar surface area (TPSA) is 62.7 Å². The minimum Gasteiger partial charge on any atom is -0.317 e. The first-order chi connectivity index (χ1) is 9.74. The average molecular weight is 289 g/mol. The van der Waals surface area contributed by atoms with Gasteiger partial charge in [0.2, 0.25) is 0 Å². The molecule has 1 aliphatic heterocycles. The fourth-order valence-electron chi connectivity index (χ4n) is 2.47. The number of rotatable bonds is 3. The highest BCUT2D eigenvalue weighted by atomic mass is 32.1. The molecule has 0 saturated carbocycles. The van der Waals surface area contributed by atoms with E-state index < -0.39 is 0 Å². The van der Waals surface area contributed by atoms with E-state index in [9.17, 15) is 0 Å². The number of nitrogens with one attached hydrogen (secondary N) is 2. The van der Waals surface area contributed by atoms with Crippen LogP contribution >= 0.6 is 11.3 Å². The Balaban J connectivity index is 1.85. The van der Waals surface area contributed by atoms with Crippen molar-refractivity contribution in [3.8, 4) is 0 Å². The fourth-order valence-corrected chi connectivity index (χ4v) is 3.28. The van der Waals surface area contributed by atoms with Crippen LogP contribution in [-0.2, 0) is 0 Å². The largest absolute Gasteiger partial charge is 0.317 e. The summed E-state index contributed by atoms with van der Waals surface area (Å²) in [6.45, 7) is 6.22. The number of hydrogen-bond donors (Lipinski definition) is 2. The molecule has 0 amide bonds. The number of hydrogen-bond acceptors (Lipinski definition) is 6. The Morgan fingerprint density at radius 2 is 1.95 bits per heavy atom. The number of anilines is 2. The molecule has 5 nitrogen and oxygen atoms in total. The molecule has 1 aliphatic rings. The first kappa shape index (κ1) is 13.5. The van der Waals surface area contributed by atoms with Gasteiger partial charge >= 0.3 is 0 Å². The first-order valence-corrected chi connectivity index (χ1v) is 7.78. The summed E-state index contributed by atoms with van der Waals surface area (Å²) in [6.07, 6.45) is 5.74. The Morgan fingerprint density at radius 3 is 2.65 bits per heavy atom. The van der Waals surface area contributed by atoms with Gasteiger partial charge in [-0.05, 0) is 39.8 Å². The molecule has 1 saturated heterocycles. The van der Waals surface area contributed by atoms with Crippen LogP contribution in [0.5, 0.6) is 0 Å². The van der Waals surface area contributed by atoms with Crippen LogP contribution in [0.3, 0.4) is 0 Å². The molecule has 0 aromatic carbocycles. The minimum atomic E-state index is 0.481. The van der Waals surface area contributed by atoms with E-state index in [0.29, 0.717) is 5.92 Å². The molecule has 3 heterocycles. The standard InChI is InChI=1S/C14H19N5S/c1-9-10(2)20-14(18-9)19-13-12(16-7-8-17-13)11-3-5-15-6-4-11/h7-8,11,15H,3-6H2,1-2H3,(H,17,18,19). The van der Waals surface area contributed by atoms with Crippen molar-refractivity contribution in [3.05, 3.63) is 28.7 Å². The van der Waals surface area contributed by atoms with Gasteiger partial charge < -0.3 is 10.6 Å². The highest BCUT2D eigenvalue weighted by Gasteiger charge is 2.20. The second kappa shape index (κ2) is 5.85. The Bertz CT molecular complexity index is 570. The second-order valence-electron chi connectivity index (χ2n) is 5.10. The Labute approximate surface area is 122 Å². The molecule has 1 fully saturated rings. The molecule has 3 rings (SSSR count). The molecule has 2 N–H and O–H groups in total. The van der Waals surface area contributed by atoms with Gasteiger partial charge in [-0.3, -0.25) is 4.98 Å². The van der Waals surface area contributed by atoms with E-state index in [1.807, 2.05) is 6.92 Å². The highest BCUT2D eigenvalue weighted by Crippen LogP contribution is 2.31. The van der Waals surface area contributed by atoms with Gasteiger partial charge in [-0.1, -0.05) is 0 Å². The third kappa shape index (κ3) is 2.81. The third-order valence-corrected chi connectivity index (χ3v) is 4.69. The molecule has 0 bridgehead atoms. The van der Waals surface area contributed by atoms with Crippen LogP contribution in [0.2, 0.25) is 0 Å². The number of piperidine rings is 1. The zero-order valence-corrected chi connectivity index (χ0v) is 12.6. The summed E-state index contributed by atoms with van der Waals surface area (Å²) in [6, 6.07) is 0. The summed E-state index contributed by atoms with van der Waals surface area (Å²) in [4.78, 5) is 14.8. The monoisotopic (exact) mass is 289 g/mol. The summed E-state index contributed by atoms with van der Waals surface area (Å²) in [5.41, 5.74) is 2.14. The first-order valence-electron chi connectivity index (χ1n) is 6.96. The van der Waals surface area contributed by atoms with E-state index in [-0.39, 0.29) is 0 Å². The molecule has 6 heteroatoms. The SMILES string of the molecule is Cc1nc(Nc2nccnc2C2CCNCC2)sc1C. The lowest BCUT2D eigenvalue weighted by molar-refractivity contribution is 0.453. The van der Waals surface area contributed by atoms with Crippen molar-refractivity contribution < 1.29 is 0 Å². The quantitative estimate of drug-likeness (QED) is 0.909. The zero-order valence-electron chi connectivity index (χ0n) is 11.8. The van der Waals surface area contributed by atoms with Crippen molar-refractivity contribution in [2.45, 2.75) is 32.6 Å². The number of aromatic nitrogens is 3. The van der Waals surface area contributed by atoms with E-state index in [1.54, 1.807) is 23.7 Å². The van der Waals surface area contributed by atoms with E-state index in [4.69, 9.17) is 0 Å². The van der Waals surface area contributed by atoms with Gasteiger partial charge in [0.25, 0.3) is 0 Å². The Hall–Kier alpha value is -1.53. The summed E-state index contributed by atoms with van der Waals surface area (Å²) in [5, 5.41) is 7.63. The molecule has 2 aromatic heterocycles. The van der Waals surface area contributed by atoms with Crippen molar-refractivity contribution in [1.29, 1.82) is 0 Å². The van der Waals surface area contributed by atoms with Gasteiger partial charge in [-0.2, -0.15) is 0 Å². The summed E-state index contributed by atoms with van der Waals surface area (Å²) in [7, 11) is 0. The van der Waals surface area contributed by atoms with Gasteiger partial charge in [0.1, 0.15) is 0 Å². The lowest BCUT2D eigenvalue weighted by atomic mass is 9.94. The average Bonchev–Trinajstić information content (AvgIpc) is 2.79. The Kier molecular flexibility index (Phi) is 3.93. The fraction of sp³-hybridized carbons (Fsp3) is 0.500. The summed E-state index contributed by atoms with van der Waals surface area (Å²) >= 11 is 1.66. The lowest BCUT2D eigenvalue weighted by Crippen LogP contribution is -2.27. The van der Waals surface area contributed by atoms with Crippen LogP contribution in [0.4, 0.5) is 10.9 Å². The third-order valence-electron chi connectivity index (χ3n) is 3.71. The van der Waals surface area contributed by atoms with Crippen molar-refractivity contribution in [2.75, 3.05) is 18.4 Å². The van der Waals surface area contributed by atoms with Crippen molar-refractivity contribution in [2.24, 2.45) is 0 Å². The van der Waals surface area contributed by atoms with E-state index in [0.717, 1.165) is 48.3 Å². The summed E-state index contributed by atoms with van der Waals surface area (Å²) in [5.74, 6) is 1.34. The number of aryl methyl sites for hydroxylation is 2. The lowest BCUT2D eigenvalue weighted by Gasteiger charge is -2.23. The number of nitrogens with zero attached hydrogens (tertiary/aromatic N) is 3. The molecular formula is C14H19N5S. The van der Waals surface area contributed by atoms with Gasteiger partial charge in [-0.15, -0.1) is 11.3 Å². The van der Waals surface area contributed by atoms with Gasteiger partial charge in [-0.25, -0.2) is 9.97 Å². The molecule has 2 aromatic rings. The smallest absolute Gasteiger partial charge is 0.188 e. The maximum atomic E-state index is 4.55. The molecule has 0 unspecified atom stereocenters. The predicted molar refractivity (Wildman–Crippen MR) is 81.7 cm³/mol. The van der Waals surface area contributed by atoms with Crippen molar-refractivity contribution in [3.63, 3.8) is 0 Å². The minimum absolute atomic E-state index is 0.481. The van der Waals surface area contributed by atoms with Gasteiger partial charge in [0.15, 0.2) is 10.9 Å². The van der Waals surface area contributed by atoms with Crippen LogP contribution in [0.1, 0.15) is 35.0 Å². The van der Waals surface area contributed by atoms with Crippen LogP contribution < -0.4 is 10.6 Å². The van der Waals surface area contributed by atoms with Crippen LogP contribution in [0.15, 0.2) is 12.4 Å². The predicted octanol–water partition coefficient (Wildman–Crippen LogP) is 2.76. The van der Waals surface area contributed by atoms with Crippen LogP contribution in [0.25, 0.3) is 0 Å². The van der Waals surface area contributed by atoms with Crippen molar-refractivity contribution >= 4 is 22.3 Å². The maximum absolute atomic E-state index is 4.55. The Morgan fingerprint density at radius 1 is 1.20 bits per heavy atom. The van der Waals surface area contributed by atoms with Crippen LogP contribution in [0, 0.1) is 13.8 Å². The van der Waals surface area contributed by atoms with E-state index >= 15 is 0 Å². The zero-order chi connectivity index (χ0) is 13.9. The number of thiazole rings is 1. The molecular weight excluding hydrogens is 270 g/mol. The van der Waals surface area contributed by atoms with Gasteiger partial charge in [0.05, 0.1) is 11.4 Å². The normalized spacial score (nSPS) is 16.3. The maximum Gasteiger partial charge on any atom is 0.188 e. The highest BCUT2D eigenvalue weighted by molar-refractivity contribution is 7.15. The molecule has 0 spiro atoms. The van der Waals surface area contributed by atoms with E-state index in [2.05, 4.69) is 32.5 Å². The molecule has 0 atom stereocenters. The van der Waals surface area contributed by atoms with Crippen LogP contribution in [-0.4, -0.2) is 28.0 Å². The molecule has 0 radical (unpaired) electrons.